The number of hydrogen-bond donors (Lipinski definition) is 2. The predicted octanol–water partition coefficient (Wildman–Crippen LogP) is 5.05. The zero-order chi connectivity index (χ0) is 26.3. The molecule has 1 fully saturated rings. The quantitative estimate of drug-likeness (QED) is 0.481. The lowest BCUT2D eigenvalue weighted by molar-refractivity contribution is -0.133. The van der Waals surface area contributed by atoms with Gasteiger partial charge in [0.2, 0.25) is 5.91 Å². The monoisotopic (exact) mass is 496 g/mol. The van der Waals surface area contributed by atoms with Crippen molar-refractivity contribution >= 4 is 39.9 Å². The molecule has 2 amide bonds. The van der Waals surface area contributed by atoms with E-state index in [1.807, 2.05) is 40.8 Å². The van der Waals surface area contributed by atoms with Crippen LogP contribution in [0.5, 0.6) is 0 Å². The number of amides is 2. The van der Waals surface area contributed by atoms with Gasteiger partial charge < -0.3 is 20.5 Å². The number of nitrogens with one attached hydrogen (secondary N) is 1. The van der Waals surface area contributed by atoms with Crippen molar-refractivity contribution in [2.45, 2.75) is 39.0 Å². The number of nitrogen functional groups attached to an aromatic ring is 1. The first-order chi connectivity index (χ1) is 17.8. The first-order valence-corrected chi connectivity index (χ1v) is 12.6. The largest absolute Gasteiger partial charge is 0.383 e. The van der Waals surface area contributed by atoms with Gasteiger partial charge in [0, 0.05) is 42.0 Å². The summed E-state index contributed by atoms with van der Waals surface area (Å²) >= 11 is 0. The summed E-state index contributed by atoms with van der Waals surface area (Å²) in [7, 11) is 1.97. The van der Waals surface area contributed by atoms with Crippen molar-refractivity contribution in [3.8, 4) is 11.3 Å². The number of aromatic nitrogens is 3. The Balaban J connectivity index is 1.52. The van der Waals surface area contributed by atoms with E-state index in [1.54, 1.807) is 6.92 Å². The number of allylic oxidation sites excluding steroid dienone is 3. The molecule has 8 nitrogen and oxygen atoms in total. The van der Waals surface area contributed by atoms with Crippen LogP contribution < -0.4 is 11.1 Å². The van der Waals surface area contributed by atoms with Crippen molar-refractivity contribution < 1.29 is 9.59 Å². The van der Waals surface area contributed by atoms with Crippen molar-refractivity contribution in [1.29, 1.82) is 0 Å². The van der Waals surface area contributed by atoms with Crippen molar-refractivity contribution in [2.24, 2.45) is 13.0 Å². The van der Waals surface area contributed by atoms with Crippen LogP contribution in [0.2, 0.25) is 0 Å². The molecule has 5 rings (SSSR count). The number of hydrogen-bond acceptors (Lipinski definition) is 5. The summed E-state index contributed by atoms with van der Waals surface area (Å²) < 4.78 is 2.04. The second-order valence-electron chi connectivity index (χ2n) is 9.91. The van der Waals surface area contributed by atoms with Crippen molar-refractivity contribution in [2.75, 3.05) is 17.6 Å². The van der Waals surface area contributed by atoms with Crippen LogP contribution >= 0.6 is 0 Å². The third-order valence-electron chi connectivity index (χ3n) is 7.38. The zero-order valence-corrected chi connectivity index (χ0v) is 21.4. The summed E-state index contributed by atoms with van der Waals surface area (Å²) in [6, 6.07) is 7.70. The second kappa shape index (κ2) is 9.69. The third kappa shape index (κ3) is 4.43. The van der Waals surface area contributed by atoms with Crippen LogP contribution in [-0.2, 0) is 16.6 Å². The van der Waals surface area contributed by atoms with Crippen LogP contribution in [0.3, 0.4) is 0 Å². The molecular formula is C29H32N6O2. The fraction of sp³-hybridized carbons (Fsp3) is 0.310. The Morgan fingerprint density at radius 2 is 1.92 bits per heavy atom. The lowest BCUT2D eigenvalue weighted by atomic mass is 9.84. The lowest BCUT2D eigenvalue weighted by Gasteiger charge is -2.27. The molecule has 2 aliphatic rings. The Kier molecular flexibility index (Phi) is 6.41. The molecular weight excluding hydrogens is 464 g/mol. The van der Waals surface area contributed by atoms with E-state index in [2.05, 4.69) is 34.5 Å². The van der Waals surface area contributed by atoms with E-state index in [0.717, 1.165) is 71.4 Å². The van der Waals surface area contributed by atoms with E-state index in [0.29, 0.717) is 23.5 Å². The first-order valence-electron chi connectivity index (χ1n) is 12.6. The molecule has 0 saturated carbocycles. The summed E-state index contributed by atoms with van der Waals surface area (Å²) in [5.41, 5.74) is 13.3. The Morgan fingerprint density at radius 3 is 2.54 bits per heavy atom. The molecule has 0 spiro atoms. The molecule has 8 heteroatoms. The Hall–Kier alpha value is -4.20. The van der Waals surface area contributed by atoms with Crippen LogP contribution in [0.15, 0.2) is 61.1 Å². The Bertz CT molecular complexity index is 1460. The first kappa shape index (κ1) is 24.5. The molecule has 1 atom stereocenters. The number of rotatable bonds is 5. The van der Waals surface area contributed by atoms with Gasteiger partial charge in [-0.25, -0.2) is 9.97 Å². The second-order valence-corrected chi connectivity index (χ2v) is 9.91. The van der Waals surface area contributed by atoms with Gasteiger partial charge in [-0.1, -0.05) is 31.4 Å². The highest BCUT2D eigenvalue weighted by atomic mass is 16.2. The number of nitrogens with zero attached hydrogens (tertiary/aromatic N) is 4. The van der Waals surface area contributed by atoms with Gasteiger partial charge in [0.25, 0.3) is 5.91 Å². The number of carbonyl (C=O) groups is 2. The molecule has 0 radical (unpaired) electrons. The fourth-order valence-corrected chi connectivity index (χ4v) is 5.38. The number of carbonyl (C=O) groups excluding carboxylic acids is 2. The van der Waals surface area contributed by atoms with Crippen molar-refractivity contribution in [1.82, 2.24) is 19.4 Å². The van der Waals surface area contributed by atoms with Gasteiger partial charge in [0.15, 0.2) is 0 Å². The van der Waals surface area contributed by atoms with Gasteiger partial charge in [-0.05, 0) is 62.3 Å². The molecule has 1 aromatic carbocycles. The van der Waals surface area contributed by atoms with Crippen LogP contribution in [0, 0.1) is 5.92 Å². The summed E-state index contributed by atoms with van der Waals surface area (Å²) in [6.07, 6.45) is 7.74. The molecule has 0 unspecified atom stereocenters. The van der Waals surface area contributed by atoms with Crippen LogP contribution in [-0.4, -0.2) is 37.8 Å². The smallest absolute Gasteiger partial charge is 0.250 e. The van der Waals surface area contributed by atoms with E-state index < -0.39 is 0 Å². The van der Waals surface area contributed by atoms with E-state index in [-0.39, 0.29) is 17.7 Å². The minimum Gasteiger partial charge on any atom is -0.383 e. The van der Waals surface area contributed by atoms with E-state index >= 15 is 0 Å². The number of benzene rings is 1. The summed E-state index contributed by atoms with van der Waals surface area (Å²) in [6.45, 7) is 10.2. The lowest BCUT2D eigenvalue weighted by Crippen LogP contribution is -2.33. The summed E-state index contributed by atoms with van der Waals surface area (Å²) in [5.74, 6) is 0.364. The minimum absolute atomic E-state index is 0.0400. The maximum absolute atomic E-state index is 13.1. The molecule has 190 valence electrons. The molecule has 3 heterocycles. The van der Waals surface area contributed by atoms with Crippen LogP contribution in [0.4, 0.5) is 11.5 Å². The minimum atomic E-state index is -0.213. The van der Waals surface area contributed by atoms with Crippen LogP contribution in [0.25, 0.3) is 27.9 Å². The standard InChI is InChI=1S/C29H32N6O2/c1-17(2)28(36)33-22-13-11-20(12-14-22)25-23(24-26(30)31-16-32-27(24)34(25)4)19-7-9-21(10-8-19)29(37)35-15-5-6-18(35)3/h7,11-14,16,21H,1,3,5-6,8-10,15H2,2,4H3,(H,33,36)(H2,30,31,32)/t21-/m1/s1. The van der Waals surface area contributed by atoms with Gasteiger partial charge >= 0.3 is 0 Å². The SMILES string of the molecule is C=C(C)C(=O)Nc1ccc(-c2c(C3=CC[C@@H](C(=O)N4CCCC4=C)CC3)c3c(N)ncnc3n2C)cc1. The Labute approximate surface area is 216 Å². The fourth-order valence-electron chi connectivity index (χ4n) is 5.38. The molecule has 3 aromatic rings. The van der Waals surface area contributed by atoms with Gasteiger partial charge in [0.05, 0.1) is 11.1 Å². The maximum Gasteiger partial charge on any atom is 0.250 e. The van der Waals surface area contributed by atoms with E-state index in [1.165, 1.54) is 6.33 Å². The van der Waals surface area contributed by atoms with Crippen molar-refractivity contribution in [3.63, 3.8) is 0 Å². The molecule has 1 saturated heterocycles. The highest BCUT2D eigenvalue weighted by molar-refractivity contribution is 6.05. The van der Waals surface area contributed by atoms with E-state index in [4.69, 9.17) is 5.73 Å². The average Bonchev–Trinajstić information content (AvgIpc) is 3.45. The molecule has 0 bridgehead atoms. The number of anilines is 2. The van der Waals surface area contributed by atoms with E-state index in [9.17, 15) is 9.59 Å². The average molecular weight is 497 g/mol. The van der Waals surface area contributed by atoms with Gasteiger partial charge in [-0.15, -0.1) is 0 Å². The number of aryl methyl sites for hydroxylation is 1. The molecule has 37 heavy (non-hydrogen) atoms. The molecule has 1 aliphatic heterocycles. The third-order valence-corrected chi connectivity index (χ3v) is 7.38. The highest BCUT2D eigenvalue weighted by Gasteiger charge is 2.31. The number of likely N-dealkylation sites (tertiary alicyclic amines) is 1. The molecule has 1 aliphatic carbocycles. The van der Waals surface area contributed by atoms with Gasteiger partial charge in [0.1, 0.15) is 17.8 Å². The topological polar surface area (TPSA) is 106 Å². The van der Waals surface area contributed by atoms with Crippen LogP contribution in [0.1, 0.15) is 44.6 Å². The maximum atomic E-state index is 13.1. The predicted molar refractivity (Wildman–Crippen MR) is 147 cm³/mol. The highest BCUT2D eigenvalue weighted by Crippen LogP contribution is 2.43. The molecule has 3 N–H and O–H groups in total. The number of nitrogens with two attached hydrogens (primary N) is 1. The Morgan fingerprint density at radius 1 is 1.16 bits per heavy atom. The summed E-state index contributed by atoms with van der Waals surface area (Å²) in [5, 5.41) is 3.67. The molecule has 2 aromatic heterocycles. The number of fused-ring (bicyclic) bond motifs is 1. The van der Waals surface area contributed by atoms with Crippen molar-refractivity contribution in [3.05, 3.63) is 66.7 Å². The van der Waals surface area contributed by atoms with Gasteiger partial charge in [-0.3, -0.25) is 9.59 Å². The normalized spacial score (nSPS) is 17.7. The van der Waals surface area contributed by atoms with Gasteiger partial charge in [-0.2, -0.15) is 0 Å². The zero-order valence-electron chi connectivity index (χ0n) is 21.4. The summed E-state index contributed by atoms with van der Waals surface area (Å²) in [4.78, 5) is 35.8.